The fourth-order valence-electron chi connectivity index (χ4n) is 3.17. The second kappa shape index (κ2) is 12.1. The van der Waals surface area contributed by atoms with Gasteiger partial charge in [0.05, 0.1) is 12.6 Å². The lowest BCUT2D eigenvalue weighted by Crippen LogP contribution is -2.33. The summed E-state index contributed by atoms with van der Waals surface area (Å²) in [6, 6.07) is 17.1. The first-order valence-corrected chi connectivity index (χ1v) is 11.4. The van der Waals surface area contributed by atoms with Crippen LogP contribution in [0.4, 0.5) is 5.69 Å². The Balaban J connectivity index is 1.62. The minimum Gasteiger partial charge on any atom is -0.494 e. The number of carbonyl (C=O) groups is 2. The summed E-state index contributed by atoms with van der Waals surface area (Å²) in [6.07, 6.45) is 3.63. The van der Waals surface area contributed by atoms with Crippen LogP contribution in [-0.2, 0) is 6.54 Å². The summed E-state index contributed by atoms with van der Waals surface area (Å²) < 4.78 is 5.66. The van der Waals surface area contributed by atoms with Gasteiger partial charge in [0, 0.05) is 29.0 Å². The monoisotopic (exact) mass is 465 g/mol. The number of nitrogens with zero attached hydrogens (tertiary/aromatic N) is 1. The van der Waals surface area contributed by atoms with Crippen LogP contribution in [0.15, 0.2) is 66.9 Å². The first-order valence-electron chi connectivity index (χ1n) is 11.0. The van der Waals surface area contributed by atoms with E-state index in [1.807, 2.05) is 19.1 Å². The number of unbranched alkanes of at least 4 members (excludes halogenated alkanes) is 1. The van der Waals surface area contributed by atoms with Crippen LogP contribution < -0.4 is 15.4 Å². The highest BCUT2D eigenvalue weighted by molar-refractivity contribution is 6.30. The topological polar surface area (TPSA) is 80.3 Å². The number of aromatic nitrogens is 1. The molecule has 0 bridgehead atoms. The number of ketones is 1. The summed E-state index contributed by atoms with van der Waals surface area (Å²) in [6.45, 7) is 4.94. The maximum absolute atomic E-state index is 12.8. The molecule has 7 heteroatoms. The quantitative estimate of drug-likeness (QED) is 0.287. The summed E-state index contributed by atoms with van der Waals surface area (Å²) in [5.41, 5.74) is 2.30. The minimum atomic E-state index is -0.435. The summed E-state index contributed by atoms with van der Waals surface area (Å²) in [5, 5.41) is 6.64. The Morgan fingerprint density at radius 1 is 1.09 bits per heavy atom. The summed E-state index contributed by atoms with van der Waals surface area (Å²) in [5.74, 6) is 0.411. The number of pyridine rings is 1. The molecule has 1 amide bonds. The number of nitrogens with one attached hydrogen (secondary N) is 2. The van der Waals surface area contributed by atoms with E-state index in [4.69, 9.17) is 16.3 Å². The third kappa shape index (κ3) is 7.14. The fourth-order valence-corrected chi connectivity index (χ4v) is 3.36. The van der Waals surface area contributed by atoms with Gasteiger partial charge in [0.15, 0.2) is 5.78 Å². The van der Waals surface area contributed by atoms with Crippen LogP contribution in [0.1, 0.15) is 53.1 Å². The van der Waals surface area contributed by atoms with Gasteiger partial charge in [0.25, 0.3) is 5.91 Å². The first kappa shape index (κ1) is 24.4. The number of rotatable bonds is 11. The van der Waals surface area contributed by atoms with Gasteiger partial charge < -0.3 is 15.4 Å². The van der Waals surface area contributed by atoms with Gasteiger partial charge >= 0.3 is 0 Å². The van der Waals surface area contributed by atoms with Crippen LogP contribution in [0.25, 0.3) is 0 Å². The molecule has 0 saturated heterocycles. The van der Waals surface area contributed by atoms with E-state index >= 15 is 0 Å². The van der Waals surface area contributed by atoms with Gasteiger partial charge in [-0.25, -0.2) is 0 Å². The van der Waals surface area contributed by atoms with Crippen molar-refractivity contribution in [1.29, 1.82) is 0 Å². The minimum absolute atomic E-state index is 0.0313. The number of amides is 1. The summed E-state index contributed by atoms with van der Waals surface area (Å²) >= 11 is 6.17. The third-order valence-electron chi connectivity index (χ3n) is 5.11. The van der Waals surface area contributed by atoms with Gasteiger partial charge in [-0.15, -0.1) is 0 Å². The van der Waals surface area contributed by atoms with Crippen molar-refractivity contribution in [3.05, 3.63) is 88.7 Å². The van der Waals surface area contributed by atoms with E-state index < -0.39 is 6.04 Å². The first-order chi connectivity index (χ1) is 16.0. The van der Waals surface area contributed by atoms with Crippen molar-refractivity contribution < 1.29 is 14.3 Å². The zero-order valence-electron chi connectivity index (χ0n) is 18.8. The van der Waals surface area contributed by atoms with Gasteiger partial charge in [-0.2, -0.15) is 0 Å². The molecule has 33 heavy (non-hydrogen) atoms. The predicted octanol–water partition coefficient (Wildman–Crippen LogP) is 5.53. The number of hydrogen-bond acceptors (Lipinski definition) is 5. The van der Waals surface area contributed by atoms with Crippen LogP contribution >= 0.6 is 11.6 Å². The molecule has 2 N–H and O–H groups in total. The molecule has 172 valence electrons. The molecule has 1 unspecified atom stereocenters. The van der Waals surface area contributed by atoms with E-state index in [-0.39, 0.29) is 11.7 Å². The fraction of sp³-hybridized carbons (Fsp3) is 0.269. The standard InChI is InChI=1S/C26H28ClN3O3/c1-3-4-15-33-22-11-8-19(9-12-22)25(31)18(2)29-17-20-16-21(27)10-13-23(20)30-26(32)24-7-5-6-14-28-24/h5-14,16,18,29H,3-4,15,17H2,1-2H3,(H,30,32). The molecule has 3 rings (SSSR count). The highest BCUT2D eigenvalue weighted by Crippen LogP contribution is 2.22. The molecule has 0 aliphatic carbocycles. The van der Waals surface area contributed by atoms with Crippen molar-refractivity contribution in [2.45, 2.75) is 39.3 Å². The number of benzene rings is 2. The highest BCUT2D eigenvalue weighted by Gasteiger charge is 2.16. The SMILES string of the molecule is CCCCOc1ccc(C(=O)C(C)NCc2cc(Cl)ccc2NC(=O)c2ccccn2)cc1. The number of ether oxygens (including phenoxy) is 1. The van der Waals surface area contributed by atoms with Crippen LogP contribution in [0.2, 0.25) is 5.02 Å². The molecule has 0 fully saturated rings. The van der Waals surface area contributed by atoms with Gasteiger partial charge in [0.1, 0.15) is 11.4 Å². The summed E-state index contributed by atoms with van der Waals surface area (Å²) in [7, 11) is 0. The number of Topliss-reactive ketones (excluding diaryl/α,β-unsaturated/α-hetero) is 1. The van der Waals surface area contributed by atoms with Crippen molar-refractivity contribution in [2.24, 2.45) is 0 Å². The van der Waals surface area contributed by atoms with Crippen LogP contribution in [0.5, 0.6) is 5.75 Å². The Morgan fingerprint density at radius 3 is 2.58 bits per heavy atom. The van der Waals surface area contributed by atoms with Crippen molar-refractivity contribution in [2.75, 3.05) is 11.9 Å². The predicted molar refractivity (Wildman–Crippen MR) is 131 cm³/mol. The molecule has 0 spiro atoms. The lowest BCUT2D eigenvalue weighted by Gasteiger charge is -2.16. The number of carbonyl (C=O) groups excluding carboxylic acids is 2. The van der Waals surface area contributed by atoms with Crippen molar-refractivity contribution in [1.82, 2.24) is 10.3 Å². The summed E-state index contributed by atoms with van der Waals surface area (Å²) in [4.78, 5) is 29.4. The Kier molecular flexibility index (Phi) is 8.98. The third-order valence-corrected chi connectivity index (χ3v) is 5.35. The molecule has 3 aromatic rings. The van der Waals surface area contributed by atoms with E-state index in [0.717, 1.165) is 24.2 Å². The van der Waals surface area contributed by atoms with Gasteiger partial charge in [-0.3, -0.25) is 14.6 Å². The van der Waals surface area contributed by atoms with E-state index in [9.17, 15) is 9.59 Å². The Bertz CT molecular complexity index is 1070. The molecule has 0 aliphatic heterocycles. The molecule has 2 aromatic carbocycles. The Morgan fingerprint density at radius 2 is 1.88 bits per heavy atom. The molecular formula is C26H28ClN3O3. The Labute approximate surface area is 199 Å². The lowest BCUT2D eigenvalue weighted by atomic mass is 10.0. The van der Waals surface area contributed by atoms with Crippen molar-refractivity contribution in [3.63, 3.8) is 0 Å². The average Bonchev–Trinajstić information content (AvgIpc) is 2.84. The lowest BCUT2D eigenvalue weighted by molar-refractivity contribution is 0.0949. The Hall–Kier alpha value is -3.22. The second-order valence-corrected chi connectivity index (χ2v) is 8.10. The zero-order valence-corrected chi connectivity index (χ0v) is 19.6. The second-order valence-electron chi connectivity index (χ2n) is 7.66. The molecule has 0 radical (unpaired) electrons. The molecule has 1 aromatic heterocycles. The van der Waals surface area contributed by atoms with Gasteiger partial charge in [-0.1, -0.05) is 31.0 Å². The molecule has 0 aliphatic rings. The number of halogens is 1. The van der Waals surface area contributed by atoms with E-state index in [1.54, 1.807) is 54.7 Å². The molecule has 1 heterocycles. The smallest absolute Gasteiger partial charge is 0.274 e. The average molecular weight is 466 g/mol. The zero-order chi connectivity index (χ0) is 23.6. The van der Waals surface area contributed by atoms with Gasteiger partial charge in [0.2, 0.25) is 0 Å². The largest absolute Gasteiger partial charge is 0.494 e. The number of hydrogen-bond donors (Lipinski definition) is 2. The maximum Gasteiger partial charge on any atom is 0.274 e. The molecule has 1 atom stereocenters. The normalized spacial score (nSPS) is 11.6. The van der Waals surface area contributed by atoms with Crippen molar-refractivity contribution >= 4 is 29.0 Å². The highest BCUT2D eigenvalue weighted by atomic mass is 35.5. The van der Waals surface area contributed by atoms with Gasteiger partial charge in [-0.05, 0) is 73.5 Å². The van der Waals surface area contributed by atoms with Crippen LogP contribution in [0, 0.1) is 0 Å². The van der Waals surface area contributed by atoms with E-state index in [1.165, 1.54) is 0 Å². The van der Waals surface area contributed by atoms with E-state index in [2.05, 4.69) is 22.5 Å². The maximum atomic E-state index is 12.8. The van der Waals surface area contributed by atoms with E-state index in [0.29, 0.717) is 35.1 Å². The van der Waals surface area contributed by atoms with Crippen LogP contribution in [-0.4, -0.2) is 29.3 Å². The molecule has 0 saturated carbocycles. The van der Waals surface area contributed by atoms with Crippen LogP contribution in [0.3, 0.4) is 0 Å². The number of anilines is 1. The molecule has 6 nitrogen and oxygen atoms in total. The van der Waals surface area contributed by atoms with Crippen molar-refractivity contribution in [3.8, 4) is 5.75 Å². The molecular weight excluding hydrogens is 438 g/mol.